The molecule has 0 saturated heterocycles. The van der Waals surface area contributed by atoms with Gasteiger partial charge in [0.2, 0.25) is 0 Å². The predicted molar refractivity (Wildman–Crippen MR) is 69.3 cm³/mol. The number of benzene rings is 1. The van der Waals surface area contributed by atoms with Crippen LogP contribution < -0.4 is 11.2 Å². The van der Waals surface area contributed by atoms with E-state index in [-0.39, 0.29) is 6.04 Å². The smallest absolute Gasteiger partial charge is 0.0592 e. The Morgan fingerprint density at radius 1 is 1.19 bits per heavy atom. The van der Waals surface area contributed by atoms with Crippen LogP contribution in [0.3, 0.4) is 0 Å². The molecule has 3 N–H and O–H groups in total. The number of nitrogens with zero attached hydrogens (tertiary/aromatic N) is 1. The van der Waals surface area contributed by atoms with Gasteiger partial charge in [-0.2, -0.15) is 0 Å². The van der Waals surface area contributed by atoms with Crippen molar-refractivity contribution in [3.63, 3.8) is 0 Å². The van der Waals surface area contributed by atoms with Gasteiger partial charge in [0.15, 0.2) is 0 Å². The van der Waals surface area contributed by atoms with E-state index in [0.717, 1.165) is 0 Å². The number of hydrazine groups is 1. The first-order valence-electron chi connectivity index (χ1n) is 5.67. The Balaban J connectivity index is 3.09. The van der Waals surface area contributed by atoms with Crippen LogP contribution in [0, 0.1) is 20.8 Å². The van der Waals surface area contributed by atoms with Crippen LogP contribution in [0.4, 0.5) is 0 Å². The fraction of sp³-hybridized carbons (Fsp3) is 0.538. The zero-order valence-corrected chi connectivity index (χ0v) is 11.0. The number of hydrogen-bond acceptors (Lipinski definition) is 3. The number of hydrogen-bond donors (Lipinski definition) is 2. The first-order valence-corrected chi connectivity index (χ1v) is 5.67. The molecule has 1 atom stereocenters. The second-order valence-corrected chi connectivity index (χ2v) is 4.62. The van der Waals surface area contributed by atoms with E-state index in [0.29, 0.717) is 6.54 Å². The average molecular weight is 221 g/mol. The predicted octanol–water partition coefficient (Wildman–Crippen LogP) is 1.68. The van der Waals surface area contributed by atoms with Crippen LogP contribution in [0.25, 0.3) is 0 Å². The molecule has 0 bridgehead atoms. The zero-order chi connectivity index (χ0) is 12.3. The Morgan fingerprint density at radius 3 is 2.06 bits per heavy atom. The molecule has 0 fully saturated rings. The maximum Gasteiger partial charge on any atom is 0.0592 e. The van der Waals surface area contributed by atoms with Gasteiger partial charge in [-0.1, -0.05) is 17.7 Å². The Kier molecular flexibility index (Phi) is 4.47. The van der Waals surface area contributed by atoms with E-state index >= 15 is 0 Å². The topological polar surface area (TPSA) is 41.3 Å². The molecule has 0 spiro atoms. The Hall–Kier alpha value is -0.900. The van der Waals surface area contributed by atoms with E-state index in [1.807, 2.05) is 19.1 Å². The molecule has 16 heavy (non-hydrogen) atoms. The number of nitrogens with one attached hydrogen (secondary N) is 1. The van der Waals surface area contributed by atoms with Crippen molar-refractivity contribution in [2.45, 2.75) is 26.8 Å². The summed E-state index contributed by atoms with van der Waals surface area (Å²) in [5, 5.41) is 1.95. The van der Waals surface area contributed by atoms with E-state index in [1.54, 1.807) is 0 Å². The molecule has 0 heterocycles. The van der Waals surface area contributed by atoms with Gasteiger partial charge in [0.25, 0.3) is 0 Å². The first kappa shape index (κ1) is 13.2. The quantitative estimate of drug-likeness (QED) is 0.760. The lowest BCUT2D eigenvalue weighted by Gasteiger charge is -2.25. The summed E-state index contributed by atoms with van der Waals surface area (Å²) in [6.45, 7) is 7.02. The molecule has 1 rings (SSSR count). The highest BCUT2D eigenvalue weighted by molar-refractivity contribution is 5.39. The molecule has 0 aliphatic carbocycles. The van der Waals surface area contributed by atoms with Crippen LogP contribution in [-0.2, 0) is 0 Å². The van der Waals surface area contributed by atoms with Crippen molar-refractivity contribution in [1.82, 2.24) is 10.4 Å². The van der Waals surface area contributed by atoms with Gasteiger partial charge in [-0.3, -0.25) is 0 Å². The normalized spacial score (nSPS) is 13.2. The van der Waals surface area contributed by atoms with Crippen LogP contribution in [-0.4, -0.2) is 25.6 Å². The number of nitrogens with two attached hydrogens (primary N) is 1. The molecular weight excluding hydrogens is 198 g/mol. The van der Waals surface area contributed by atoms with Crippen molar-refractivity contribution in [1.29, 1.82) is 0 Å². The molecule has 1 aromatic carbocycles. The lowest BCUT2D eigenvalue weighted by molar-refractivity contribution is 0.245. The molecule has 3 heteroatoms. The molecule has 0 saturated carbocycles. The van der Waals surface area contributed by atoms with Crippen molar-refractivity contribution >= 4 is 0 Å². The minimum absolute atomic E-state index is 0.190. The van der Waals surface area contributed by atoms with Crippen molar-refractivity contribution in [2.24, 2.45) is 5.73 Å². The number of aryl methyl sites for hydroxylation is 3. The van der Waals surface area contributed by atoms with Crippen LogP contribution >= 0.6 is 0 Å². The minimum Gasteiger partial charge on any atom is -0.329 e. The van der Waals surface area contributed by atoms with Crippen LogP contribution in [0.15, 0.2) is 12.1 Å². The Morgan fingerprint density at radius 2 is 1.69 bits per heavy atom. The molecule has 0 aromatic heterocycles. The average Bonchev–Trinajstić information content (AvgIpc) is 2.13. The third kappa shape index (κ3) is 3.04. The summed E-state index contributed by atoms with van der Waals surface area (Å²) >= 11 is 0. The van der Waals surface area contributed by atoms with Crippen LogP contribution in [0.2, 0.25) is 0 Å². The molecule has 0 amide bonds. The van der Waals surface area contributed by atoms with Crippen molar-refractivity contribution < 1.29 is 0 Å². The Labute approximate surface area is 98.6 Å². The minimum atomic E-state index is 0.190. The fourth-order valence-electron chi connectivity index (χ4n) is 2.29. The monoisotopic (exact) mass is 221 g/mol. The highest BCUT2D eigenvalue weighted by atomic mass is 15.5. The van der Waals surface area contributed by atoms with Gasteiger partial charge in [-0.15, -0.1) is 0 Å². The Bertz CT molecular complexity index is 335. The summed E-state index contributed by atoms with van der Waals surface area (Å²) in [5.41, 5.74) is 14.4. The van der Waals surface area contributed by atoms with Gasteiger partial charge in [-0.05, 0) is 37.5 Å². The highest BCUT2D eigenvalue weighted by Crippen LogP contribution is 2.23. The lowest BCUT2D eigenvalue weighted by atomic mass is 9.94. The second kappa shape index (κ2) is 5.43. The van der Waals surface area contributed by atoms with E-state index in [9.17, 15) is 0 Å². The summed E-state index contributed by atoms with van der Waals surface area (Å²) in [5.74, 6) is 0. The van der Waals surface area contributed by atoms with E-state index in [1.165, 1.54) is 22.3 Å². The molecule has 1 aromatic rings. The molecule has 0 aliphatic heterocycles. The molecule has 90 valence electrons. The fourth-order valence-corrected chi connectivity index (χ4v) is 2.29. The highest BCUT2D eigenvalue weighted by Gasteiger charge is 2.15. The maximum absolute atomic E-state index is 5.84. The van der Waals surface area contributed by atoms with Crippen molar-refractivity contribution in [2.75, 3.05) is 20.6 Å². The third-order valence-electron chi connectivity index (χ3n) is 2.74. The van der Waals surface area contributed by atoms with E-state index in [4.69, 9.17) is 5.73 Å². The summed E-state index contributed by atoms with van der Waals surface area (Å²) < 4.78 is 0. The van der Waals surface area contributed by atoms with Gasteiger partial charge >= 0.3 is 0 Å². The largest absolute Gasteiger partial charge is 0.329 e. The van der Waals surface area contributed by atoms with Crippen LogP contribution in [0.1, 0.15) is 28.3 Å². The van der Waals surface area contributed by atoms with Crippen molar-refractivity contribution in [3.8, 4) is 0 Å². The van der Waals surface area contributed by atoms with Gasteiger partial charge in [0.05, 0.1) is 6.04 Å². The molecule has 0 radical (unpaired) electrons. The third-order valence-corrected chi connectivity index (χ3v) is 2.74. The number of rotatable bonds is 4. The van der Waals surface area contributed by atoms with Crippen molar-refractivity contribution in [3.05, 3.63) is 34.4 Å². The van der Waals surface area contributed by atoms with Gasteiger partial charge in [0.1, 0.15) is 0 Å². The standard InChI is InChI=1S/C13H23N3/c1-9-6-10(2)13(11(3)7-9)12(8-14)15-16(4)5/h6-7,12,15H,8,14H2,1-5H3. The summed E-state index contributed by atoms with van der Waals surface area (Å²) in [7, 11) is 3.98. The van der Waals surface area contributed by atoms with Gasteiger partial charge < -0.3 is 5.73 Å². The molecule has 1 unspecified atom stereocenters. The molecular formula is C13H23N3. The maximum atomic E-state index is 5.84. The SMILES string of the molecule is Cc1cc(C)c(C(CN)NN(C)C)c(C)c1. The second-order valence-electron chi connectivity index (χ2n) is 4.62. The molecule has 3 nitrogen and oxygen atoms in total. The summed E-state index contributed by atoms with van der Waals surface area (Å²) in [6.07, 6.45) is 0. The zero-order valence-electron chi connectivity index (χ0n) is 11.0. The van der Waals surface area contributed by atoms with E-state index in [2.05, 4.69) is 38.3 Å². The summed E-state index contributed by atoms with van der Waals surface area (Å²) in [4.78, 5) is 0. The van der Waals surface area contributed by atoms with Gasteiger partial charge in [0, 0.05) is 20.6 Å². The van der Waals surface area contributed by atoms with Crippen LogP contribution in [0.5, 0.6) is 0 Å². The molecule has 0 aliphatic rings. The van der Waals surface area contributed by atoms with Gasteiger partial charge in [-0.25, -0.2) is 10.4 Å². The lowest BCUT2D eigenvalue weighted by Crippen LogP contribution is -2.38. The summed E-state index contributed by atoms with van der Waals surface area (Å²) in [6, 6.07) is 4.61. The first-order chi connectivity index (χ1) is 7.45. The van der Waals surface area contributed by atoms with E-state index < -0.39 is 0 Å².